The van der Waals surface area contributed by atoms with Gasteiger partial charge >= 0.3 is 0 Å². The second kappa shape index (κ2) is 4.79. The zero-order valence-corrected chi connectivity index (χ0v) is 12.0. The highest BCUT2D eigenvalue weighted by Crippen LogP contribution is 2.48. The van der Waals surface area contributed by atoms with Gasteiger partial charge in [-0.05, 0) is 43.9 Å². The van der Waals surface area contributed by atoms with E-state index < -0.39 is 0 Å². The first-order chi connectivity index (χ1) is 9.33. The maximum atomic E-state index is 5.46. The highest BCUT2D eigenvalue weighted by atomic mass is 32.1. The Balaban J connectivity index is 1.24. The molecule has 0 radical (unpaired) electrons. The molecule has 1 spiro atoms. The Bertz CT molecular complexity index is 443. The zero-order chi connectivity index (χ0) is 12.7. The van der Waals surface area contributed by atoms with E-state index in [1.54, 1.807) is 11.3 Å². The van der Waals surface area contributed by atoms with Gasteiger partial charge in [0.15, 0.2) is 0 Å². The first-order valence-corrected chi connectivity index (χ1v) is 8.28. The van der Waals surface area contributed by atoms with Crippen molar-refractivity contribution in [3.05, 3.63) is 10.0 Å². The molecule has 0 bridgehead atoms. The number of ether oxygens (including phenoxy) is 1. The van der Waals surface area contributed by atoms with Gasteiger partial charge in [-0.25, -0.2) is 0 Å². The predicted octanol–water partition coefficient (Wildman–Crippen LogP) is 2.46. The molecule has 0 unspecified atom stereocenters. The summed E-state index contributed by atoms with van der Waals surface area (Å²) in [4.78, 5) is 0. The molecule has 0 aromatic carbocycles. The first-order valence-electron chi connectivity index (χ1n) is 7.46. The van der Waals surface area contributed by atoms with Crippen LogP contribution in [-0.4, -0.2) is 29.5 Å². The van der Waals surface area contributed by atoms with Crippen molar-refractivity contribution < 1.29 is 4.74 Å². The van der Waals surface area contributed by atoms with Gasteiger partial charge in [-0.3, -0.25) is 0 Å². The summed E-state index contributed by atoms with van der Waals surface area (Å²) in [5, 5.41) is 14.7. The Kier molecular flexibility index (Phi) is 3.09. The lowest BCUT2D eigenvalue weighted by atomic mass is 9.61. The van der Waals surface area contributed by atoms with E-state index in [-0.39, 0.29) is 0 Å². The van der Waals surface area contributed by atoms with E-state index in [2.05, 4.69) is 15.5 Å². The monoisotopic (exact) mass is 279 g/mol. The Morgan fingerprint density at radius 3 is 2.74 bits per heavy atom. The van der Waals surface area contributed by atoms with Gasteiger partial charge in [0.25, 0.3) is 0 Å². The van der Waals surface area contributed by atoms with E-state index >= 15 is 0 Å². The molecule has 1 N–H and O–H groups in total. The number of nitrogens with one attached hydrogen (secondary N) is 1. The molecule has 5 heteroatoms. The Labute approximate surface area is 118 Å². The average molecular weight is 279 g/mol. The summed E-state index contributed by atoms with van der Waals surface area (Å²) in [6.45, 7) is 2.84. The number of hydrogen-bond acceptors (Lipinski definition) is 5. The van der Waals surface area contributed by atoms with Crippen molar-refractivity contribution >= 4 is 11.3 Å². The van der Waals surface area contributed by atoms with Crippen molar-refractivity contribution in [1.29, 1.82) is 0 Å². The fourth-order valence-corrected chi connectivity index (χ4v) is 4.37. The van der Waals surface area contributed by atoms with E-state index in [4.69, 9.17) is 4.74 Å². The Morgan fingerprint density at radius 1 is 1.21 bits per heavy atom. The average Bonchev–Trinajstić information content (AvgIpc) is 3.15. The summed E-state index contributed by atoms with van der Waals surface area (Å²) >= 11 is 1.80. The highest BCUT2D eigenvalue weighted by Gasteiger charge is 2.44. The van der Waals surface area contributed by atoms with Crippen LogP contribution in [0.15, 0.2) is 0 Å². The molecule has 3 fully saturated rings. The molecule has 0 atom stereocenters. The molecular weight excluding hydrogens is 258 g/mol. The van der Waals surface area contributed by atoms with Crippen molar-refractivity contribution in [2.45, 2.75) is 57.0 Å². The van der Waals surface area contributed by atoms with Crippen LogP contribution in [0.2, 0.25) is 0 Å². The van der Waals surface area contributed by atoms with Crippen LogP contribution in [-0.2, 0) is 11.3 Å². The van der Waals surface area contributed by atoms with Crippen molar-refractivity contribution in [3.8, 4) is 0 Å². The summed E-state index contributed by atoms with van der Waals surface area (Å²) in [7, 11) is 0. The molecule has 1 saturated heterocycles. The quantitative estimate of drug-likeness (QED) is 0.919. The molecular formula is C14H21N3OS. The third kappa shape index (κ3) is 2.56. The summed E-state index contributed by atoms with van der Waals surface area (Å²) in [5.41, 5.74) is 0.607. The highest BCUT2D eigenvalue weighted by molar-refractivity contribution is 7.11. The minimum Gasteiger partial charge on any atom is -0.381 e. The van der Waals surface area contributed by atoms with Crippen LogP contribution in [0.5, 0.6) is 0 Å². The molecule has 2 aliphatic carbocycles. The molecule has 0 amide bonds. The van der Waals surface area contributed by atoms with Crippen LogP contribution >= 0.6 is 11.3 Å². The lowest BCUT2D eigenvalue weighted by Gasteiger charge is -2.50. The Hall–Kier alpha value is -0.520. The number of nitrogens with zero attached hydrogens (tertiary/aromatic N) is 2. The third-order valence-electron chi connectivity index (χ3n) is 4.86. The molecule has 1 aromatic heterocycles. The van der Waals surface area contributed by atoms with Gasteiger partial charge in [-0.15, -0.1) is 10.2 Å². The fraction of sp³-hybridized carbons (Fsp3) is 0.857. The van der Waals surface area contributed by atoms with Crippen LogP contribution in [0, 0.1) is 5.41 Å². The van der Waals surface area contributed by atoms with E-state index in [1.165, 1.54) is 43.5 Å². The standard InChI is InChI=1S/C14H21N3OS/c1-2-10(1)13-17-16-12(19-13)9-15-11-7-14(8-11)3-5-18-6-4-14/h10-11,15H,1-9H2. The molecule has 4 rings (SSSR count). The van der Waals surface area contributed by atoms with Gasteiger partial charge < -0.3 is 10.1 Å². The van der Waals surface area contributed by atoms with Crippen LogP contribution in [0.3, 0.4) is 0 Å². The second-order valence-electron chi connectivity index (χ2n) is 6.41. The van der Waals surface area contributed by atoms with Crippen LogP contribution in [0.4, 0.5) is 0 Å². The van der Waals surface area contributed by atoms with Crippen molar-refractivity contribution in [1.82, 2.24) is 15.5 Å². The number of rotatable bonds is 4. The van der Waals surface area contributed by atoms with Gasteiger partial charge in [0.05, 0.1) is 0 Å². The van der Waals surface area contributed by atoms with Gasteiger partial charge in [0.2, 0.25) is 0 Å². The lowest BCUT2D eigenvalue weighted by Crippen LogP contribution is -2.50. The van der Waals surface area contributed by atoms with Crippen LogP contribution < -0.4 is 5.32 Å². The fourth-order valence-electron chi connectivity index (χ4n) is 3.41. The lowest BCUT2D eigenvalue weighted by molar-refractivity contribution is -0.0454. The Morgan fingerprint density at radius 2 is 2.00 bits per heavy atom. The van der Waals surface area contributed by atoms with Gasteiger partial charge in [-0.1, -0.05) is 11.3 Å². The second-order valence-corrected chi connectivity index (χ2v) is 7.50. The van der Waals surface area contributed by atoms with Gasteiger partial charge in [-0.2, -0.15) is 0 Å². The van der Waals surface area contributed by atoms with E-state index in [1.807, 2.05) is 0 Å². The van der Waals surface area contributed by atoms with E-state index in [9.17, 15) is 0 Å². The van der Waals surface area contributed by atoms with Crippen molar-refractivity contribution in [2.75, 3.05) is 13.2 Å². The molecule has 19 heavy (non-hydrogen) atoms. The third-order valence-corrected chi connectivity index (χ3v) is 5.95. The normalized spacial score (nSPS) is 26.5. The topological polar surface area (TPSA) is 47.0 Å². The van der Waals surface area contributed by atoms with Crippen LogP contribution in [0.1, 0.15) is 54.5 Å². The molecule has 1 aromatic rings. The van der Waals surface area contributed by atoms with Crippen LogP contribution in [0.25, 0.3) is 0 Å². The molecule has 2 heterocycles. The zero-order valence-electron chi connectivity index (χ0n) is 11.2. The summed E-state index contributed by atoms with van der Waals surface area (Å²) in [6.07, 6.45) is 7.80. The maximum absolute atomic E-state index is 5.46. The summed E-state index contributed by atoms with van der Waals surface area (Å²) in [5.74, 6) is 0.737. The summed E-state index contributed by atoms with van der Waals surface area (Å²) in [6, 6.07) is 0.686. The van der Waals surface area contributed by atoms with Gasteiger partial charge in [0, 0.05) is 31.7 Å². The van der Waals surface area contributed by atoms with Crippen molar-refractivity contribution in [2.24, 2.45) is 5.41 Å². The van der Waals surface area contributed by atoms with E-state index in [0.717, 1.165) is 30.7 Å². The molecule has 104 valence electrons. The minimum atomic E-state index is 0.607. The van der Waals surface area contributed by atoms with Crippen molar-refractivity contribution in [3.63, 3.8) is 0 Å². The largest absolute Gasteiger partial charge is 0.381 e. The minimum absolute atomic E-state index is 0.607. The summed E-state index contributed by atoms with van der Waals surface area (Å²) < 4.78 is 5.46. The molecule has 4 nitrogen and oxygen atoms in total. The SMILES string of the molecule is C1CC2(CCO1)CC(NCc1nnc(C3CC3)s1)C2. The maximum Gasteiger partial charge on any atom is 0.131 e. The first kappa shape index (κ1) is 12.2. The molecule has 3 aliphatic rings. The number of hydrogen-bond donors (Lipinski definition) is 1. The smallest absolute Gasteiger partial charge is 0.131 e. The predicted molar refractivity (Wildman–Crippen MR) is 74.2 cm³/mol. The molecule has 1 aliphatic heterocycles. The number of aromatic nitrogens is 2. The van der Waals surface area contributed by atoms with E-state index in [0.29, 0.717) is 11.5 Å². The van der Waals surface area contributed by atoms with Gasteiger partial charge in [0.1, 0.15) is 10.0 Å². The molecule has 2 saturated carbocycles.